The van der Waals surface area contributed by atoms with Gasteiger partial charge >= 0.3 is 0 Å². The zero-order chi connectivity index (χ0) is 21.2. The van der Waals surface area contributed by atoms with Crippen molar-refractivity contribution in [2.75, 3.05) is 46.5 Å². The van der Waals surface area contributed by atoms with Crippen LogP contribution in [0.5, 0.6) is 5.75 Å². The summed E-state index contributed by atoms with van der Waals surface area (Å²) in [4.78, 5) is 6.71. The fraction of sp³-hybridized carbons (Fsp3) is 0.435. The van der Waals surface area contributed by atoms with Gasteiger partial charge in [-0.15, -0.1) is 24.0 Å². The fourth-order valence-electron chi connectivity index (χ4n) is 3.54. The number of rotatable bonds is 8. The van der Waals surface area contributed by atoms with Gasteiger partial charge in [0.05, 0.1) is 25.9 Å². The number of morpholine rings is 1. The van der Waals surface area contributed by atoms with Crippen molar-refractivity contribution >= 4 is 29.9 Å². The van der Waals surface area contributed by atoms with E-state index in [1.807, 2.05) is 37.3 Å². The van der Waals surface area contributed by atoms with Crippen LogP contribution < -0.4 is 15.4 Å². The first-order chi connectivity index (χ1) is 14.7. The zero-order valence-electron chi connectivity index (χ0n) is 18.1. The molecule has 0 aliphatic carbocycles. The van der Waals surface area contributed by atoms with Crippen LogP contribution in [0.15, 0.2) is 53.5 Å². The summed E-state index contributed by atoms with van der Waals surface area (Å²) in [5.41, 5.74) is 2.19. The van der Waals surface area contributed by atoms with Crippen LogP contribution in [0.25, 0.3) is 0 Å². The molecule has 0 saturated carbocycles. The third-order valence-corrected chi connectivity index (χ3v) is 5.10. The van der Waals surface area contributed by atoms with Crippen molar-refractivity contribution in [1.29, 1.82) is 0 Å². The highest BCUT2D eigenvalue weighted by atomic mass is 127. The lowest BCUT2D eigenvalue weighted by atomic mass is 10.0. The Hall–Kier alpha value is -1.91. The fourth-order valence-corrected chi connectivity index (χ4v) is 3.54. The van der Waals surface area contributed by atoms with Gasteiger partial charge < -0.3 is 20.1 Å². The monoisotopic (exact) mass is 542 g/mol. The molecule has 170 valence electrons. The van der Waals surface area contributed by atoms with Gasteiger partial charge in [-0.1, -0.05) is 24.3 Å². The van der Waals surface area contributed by atoms with Crippen LogP contribution in [0, 0.1) is 5.82 Å². The van der Waals surface area contributed by atoms with Crippen LogP contribution in [-0.2, 0) is 11.3 Å². The molecule has 0 amide bonds. The van der Waals surface area contributed by atoms with Gasteiger partial charge in [-0.2, -0.15) is 0 Å². The van der Waals surface area contributed by atoms with Crippen molar-refractivity contribution in [1.82, 2.24) is 15.5 Å². The number of aliphatic imine (C=N–C) groups is 1. The first-order valence-corrected chi connectivity index (χ1v) is 10.4. The summed E-state index contributed by atoms with van der Waals surface area (Å²) in [6.45, 7) is 7.03. The van der Waals surface area contributed by atoms with Crippen LogP contribution in [0.3, 0.4) is 0 Å². The summed E-state index contributed by atoms with van der Waals surface area (Å²) in [6, 6.07) is 14.9. The predicted molar refractivity (Wildman–Crippen MR) is 133 cm³/mol. The van der Waals surface area contributed by atoms with E-state index in [0.717, 1.165) is 35.9 Å². The number of hydrogen-bond acceptors (Lipinski definition) is 4. The van der Waals surface area contributed by atoms with Crippen molar-refractivity contribution in [3.05, 3.63) is 65.5 Å². The first-order valence-electron chi connectivity index (χ1n) is 10.4. The van der Waals surface area contributed by atoms with E-state index in [1.165, 1.54) is 12.1 Å². The Morgan fingerprint density at radius 3 is 2.58 bits per heavy atom. The number of benzene rings is 2. The summed E-state index contributed by atoms with van der Waals surface area (Å²) in [6.07, 6.45) is 0. The second-order valence-corrected chi connectivity index (χ2v) is 7.10. The molecule has 31 heavy (non-hydrogen) atoms. The molecule has 1 fully saturated rings. The normalized spacial score (nSPS) is 15.6. The Labute approximate surface area is 201 Å². The van der Waals surface area contributed by atoms with Gasteiger partial charge in [-0.3, -0.25) is 9.89 Å². The molecule has 1 aliphatic heterocycles. The van der Waals surface area contributed by atoms with Gasteiger partial charge in [0, 0.05) is 33.2 Å². The Morgan fingerprint density at radius 1 is 1.16 bits per heavy atom. The highest BCUT2D eigenvalue weighted by Crippen LogP contribution is 2.21. The van der Waals surface area contributed by atoms with Gasteiger partial charge in [-0.05, 0) is 42.3 Å². The molecule has 6 nitrogen and oxygen atoms in total. The summed E-state index contributed by atoms with van der Waals surface area (Å²) in [5.74, 6) is 1.36. The first kappa shape index (κ1) is 25.4. The lowest BCUT2D eigenvalue weighted by Gasteiger charge is -2.35. The van der Waals surface area contributed by atoms with E-state index in [0.29, 0.717) is 32.9 Å². The molecular weight excluding hydrogens is 510 g/mol. The summed E-state index contributed by atoms with van der Waals surface area (Å²) in [7, 11) is 1.76. The third kappa shape index (κ3) is 7.93. The lowest BCUT2D eigenvalue weighted by molar-refractivity contribution is 0.0170. The highest BCUT2D eigenvalue weighted by Gasteiger charge is 2.23. The van der Waals surface area contributed by atoms with Crippen LogP contribution in [-0.4, -0.2) is 57.4 Å². The van der Waals surface area contributed by atoms with Gasteiger partial charge in [0.2, 0.25) is 0 Å². The SMILES string of the molecule is CCOc1cccc(CNC(=NC)NCC(c2ccc(F)cc2)N2CCOCC2)c1.I. The molecule has 3 rings (SSSR count). The smallest absolute Gasteiger partial charge is 0.191 e. The number of nitrogens with zero attached hydrogens (tertiary/aromatic N) is 2. The van der Waals surface area contributed by atoms with E-state index >= 15 is 0 Å². The number of ether oxygens (including phenoxy) is 2. The predicted octanol–water partition coefficient (Wildman–Crippen LogP) is 3.58. The molecule has 1 heterocycles. The molecule has 0 radical (unpaired) electrons. The highest BCUT2D eigenvalue weighted by molar-refractivity contribution is 14.0. The van der Waals surface area contributed by atoms with Gasteiger partial charge in [0.25, 0.3) is 0 Å². The third-order valence-electron chi connectivity index (χ3n) is 5.10. The number of hydrogen-bond donors (Lipinski definition) is 2. The molecule has 2 aromatic carbocycles. The average Bonchev–Trinajstić information content (AvgIpc) is 2.78. The number of halogens is 2. The van der Waals surface area contributed by atoms with Crippen LogP contribution in [0.1, 0.15) is 24.1 Å². The molecule has 0 aromatic heterocycles. The second-order valence-electron chi connectivity index (χ2n) is 7.10. The van der Waals surface area contributed by atoms with Crippen molar-refractivity contribution in [3.63, 3.8) is 0 Å². The van der Waals surface area contributed by atoms with E-state index in [1.54, 1.807) is 7.05 Å². The lowest BCUT2D eigenvalue weighted by Crippen LogP contribution is -2.46. The topological polar surface area (TPSA) is 58.1 Å². The maximum atomic E-state index is 13.4. The van der Waals surface area contributed by atoms with Crippen molar-refractivity contribution < 1.29 is 13.9 Å². The zero-order valence-corrected chi connectivity index (χ0v) is 20.5. The van der Waals surface area contributed by atoms with Gasteiger partial charge in [0.1, 0.15) is 11.6 Å². The molecule has 1 atom stereocenters. The average molecular weight is 542 g/mol. The Kier molecular flexibility index (Phi) is 11.0. The van der Waals surface area contributed by atoms with Crippen LogP contribution in [0.2, 0.25) is 0 Å². The minimum atomic E-state index is -0.223. The molecule has 1 unspecified atom stereocenters. The van der Waals surface area contributed by atoms with Crippen molar-refractivity contribution in [3.8, 4) is 5.75 Å². The summed E-state index contributed by atoms with van der Waals surface area (Å²) >= 11 is 0. The standard InChI is InChI=1S/C23H31FN4O2.HI/c1-3-30-21-6-4-5-18(15-21)16-26-23(25-2)27-17-22(28-11-13-29-14-12-28)19-7-9-20(24)10-8-19;/h4-10,15,22H,3,11-14,16-17H2,1-2H3,(H2,25,26,27);1H. The maximum Gasteiger partial charge on any atom is 0.191 e. The van der Waals surface area contributed by atoms with Crippen molar-refractivity contribution in [2.45, 2.75) is 19.5 Å². The van der Waals surface area contributed by atoms with Gasteiger partial charge in [0.15, 0.2) is 5.96 Å². The number of guanidine groups is 1. The quantitative estimate of drug-likeness (QED) is 0.304. The molecule has 0 spiro atoms. The summed E-state index contributed by atoms with van der Waals surface area (Å²) < 4.78 is 24.5. The Bertz CT molecular complexity index is 813. The largest absolute Gasteiger partial charge is 0.494 e. The molecule has 1 saturated heterocycles. The molecule has 0 bridgehead atoms. The Morgan fingerprint density at radius 2 is 1.90 bits per heavy atom. The van der Waals surface area contributed by atoms with E-state index in [4.69, 9.17) is 9.47 Å². The maximum absolute atomic E-state index is 13.4. The second kappa shape index (κ2) is 13.5. The van der Waals surface area contributed by atoms with Crippen molar-refractivity contribution in [2.24, 2.45) is 4.99 Å². The Balaban J connectivity index is 0.00000341. The van der Waals surface area contributed by atoms with Crippen LogP contribution >= 0.6 is 24.0 Å². The molecular formula is C23H32FIN4O2. The molecule has 2 aromatic rings. The molecule has 2 N–H and O–H groups in total. The molecule has 8 heteroatoms. The molecule has 1 aliphatic rings. The minimum Gasteiger partial charge on any atom is -0.494 e. The minimum absolute atomic E-state index is 0. The van der Waals surface area contributed by atoms with E-state index in [9.17, 15) is 4.39 Å². The van der Waals surface area contributed by atoms with E-state index in [2.05, 4.69) is 26.6 Å². The van der Waals surface area contributed by atoms with E-state index in [-0.39, 0.29) is 35.8 Å². The summed E-state index contributed by atoms with van der Waals surface area (Å²) in [5, 5.41) is 6.78. The van der Waals surface area contributed by atoms with Crippen LogP contribution in [0.4, 0.5) is 4.39 Å². The number of nitrogens with one attached hydrogen (secondary N) is 2. The van der Waals surface area contributed by atoms with E-state index < -0.39 is 0 Å². The van der Waals surface area contributed by atoms with Gasteiger partial charge in [-0.25, -0.2) is 4.39 Å².